The van der Waals surface area contributed by atoms with Gasteiger partial charge in [0.15, 0.2) is 0 Å². The highest BCUT2D eigenvalue weighted by atomic mass is 35.5. The second-order valence-corrected chi connectivity index (χ2v) is 6.29. The van der Waals surface area contributed by atoms with Crippen molar-refractivity contribution in [1.82, 2.24) is 14.8 Å². The smallest absolute Gasteiger partial charge is 0.255 e. The summed E-state index contributed by atoms with van der Waals surface area (Å²) in [6.07, 6.45) is 4.16. The lowest BCUT2D eigenvalue weighted by molar-refractivity contribution is 0.0719. The lowest BCUT2D eigenvalue weighted by Gasteiger charge is -2.22. The van der Waals surface area contributed by atoms with E-state index in [0.29, 0.717) is 48.1 Å². The molecule has 1 aromatic heterocycles. The van der Waals surface area contributed by atoms with Gasteiger partial charge in [-0.05, 0) is 30.7 Å². The van der Waals surface area contributed by atoms with Crippen molar-refractivity contribution in [2.24, 2.45) is 0 Å². The van der Waals surface area contributed by atoms with E-state index < -0.39 is 0 Å². The maximum Gasteiger partial charge on any atom is 0.255 e. The van der Waals surface area contributed by atoms with Crippen molar-refractivity contribution in [2.45, 2.75) is 6.42 Å². The van der Waals surface area contributed by atoms with Crippen molar-refractivity contribution in [2.75, 3.05) is 33.3 Å². The summed E-state index contributed by atoms with van der Waals surface area (Å²) < 4.78 is 5.12. The van der Waals surface area contributed by atoms with Gasteiger partial charge in [0.25, 0.3) is 11.8 Å². The summed E-state index contributed by atoms with van der Waals surface area (Å²) in [5.74, 6) is 0.445. The van der Waals surface area contributed by atoms with Crippen LogP contribution in [0.5, 0.6) is 5.75 Å². The first-order chi connectivity index (χ1) is 12.1. The van der Waals surface area contributed by atoms with Crippen molar-refractivity contribution in [3.05, 3.63) is 52.8 Å². The summed E-state index contributed by atoms with van der Waals surface area (Å²) in [6, 6.07) is 6.78. The monoisotopic (exact) mass is 361 g/mol. The van der Waals surface area contributed by atoms with E-state index in [4.69, 9.17) is 16.3 Å². The number of ether oxygens (including phenoxy) is 1. The van der Waals surface area contributed by atoms with Crippen LogP contribution in [0.4, 0.5) is 0 Å². The van der Waals surface area contributed by atoms with E-state index in [-0.39, 0.29) is 11.8 Å². The van der Waals surface area contributed by atoms with Crippen molar-refractivity contribution in [1.29, 1.82) is 0 Å². The SMILES string of the molecule is COc1ccc(C(=O)N2CCCN(C(=O)c3cc[nH]c3)CC2)cc1Cl. The fraction of sp³-hybridized carbons (Fsp3) is 0.333. The Bertz CT molecular complexity index is 761. The molecule has 132 valence electrons. The quantitative estimate of drug-likeness (QED) is 0.914. The highest BCUT2D eigenvalue weighted by molar-refractivity contribution is 6.32. The Morgan fingerprint density at radius 3 is 2.28 bits per heavy atom. The Labute approximate surface area is 151 Å². The Kier molecular flexibility index (Phi) is 5.28. The maximum atomic E-state index is 12.7. The van der Waals surface area contributed by atoms with Crippen LogP contribution in [0.3, 0.4) is 0 Å². The molecule has 2 heterocycles. The molecule has 0 unspecified atom stereocenters. The number of nitrogens with one attached hydrogen (secondary N) is 1. The predicted molar refractivity (Wildman–Crippen MR) is 95.2 cm³/mol. The van der Waals surface area contributed by atoms with Gasteiger partial charge in [0, 0.05) is 44.1 Å². The normalized spacial score (nSPS) is 15.0. The lowest BCUT2D eigenvalue weighted by atomic mass is 10.2. The molecule has 0 atom stereocenters. The zero-order valence-electron chi connectivity index (χ0n) is 14.0. The van der Waals surface area contributed by atoms with Crippen LogP contribution in [0.15, 0.2) is 36.7 Å². The minimum Gasteiger partial charge on any atom is -0.495 e. The second-order valence-electron chi connectivity index (χ2n) is 5.89. The molecule has 1 N–H and O–H groups in total. The van der Waals surface area contributed by atoms with Crippen LogP contribution in [0, 0.1) is 0 Å². The number of aromatic amines is 1. The highest BCUT2D eigenvalue weighted by Gasteiger charge is 2.24. The molecular formula is C18H20ClN3O3. The first-order valence-electron chi connectivity index (χ1n) is 8.15. The standard InChI is InChI=1S/C18H20ClN3O3/c1-25-16-4-3-13(11-15(16)19)17(23)21-7-2-8-22(10-9-21)18(24)14-5-6-20-12-14/h3-6,11-12,20H,2,7-10H2,1H3. The Hall–Kier alpha value is -2.47. The van der Waals surface area contributed by atoms with Gasteiger partial charge in [0.05, 0.1) is 17.7 Å². The maximum absolute atomic E-state index is 12.7. The second kappa shape index (κ2) is 7.61. The van der Waals surface area contributed by atoms with Crippen LogP contribution in [0.2, 0.25) is 5.02 Å². The third-order valence-electron chi connectivity index (χ3n) is 4.31. The average molecular weight is 362 g/mol. The van der Waals surface area contributed by atoms with Crippen LogP contribution >= 0.6 is 11.6 Å². The molecular weight excluding hydrogens is 342 g/mol. The molecule has 0 saturated carbocycles. The summed E-state index contributed by atoms with van der Waals surface area (Å²) in [5, 5.41) is 0.410. The van der Waals surface area contributed by atoms with Gasteiger partial charge in [-0.15, -0.1) is 0 Å². The van der Waals surface area contributed by atoms with Gasteiger partial charge >= 0.3 is 0 Å². The van der Waals surface area contributed by atoms with E-state index in [2.05, 4.69) is 4.98 Å². The van der Waals surface area contributed by atoms with Crippen molar-refractivity contribution >= 4 is 23.4 Å². The number of hydrogen-bond donors (Lipinski definition) is 1. The fourth-order valence-corrected chi connectivity index (χ4v) is 3.20. The lowest BCUT2D eigenvalue weighted by Crippen LogP contribution is -2.37. The molecule has 1 aliphatic rings. The number of methoxy groups -OCH3 is 1. The van der Waals surface area contributed by atoms with Gasteiger partial charge in [-0.1, -0.05) is 11.6 Å². The molecule has 1 fully saturated rings. The number of nitrogens with zero attached hydrogens (tertiary/aromatic N) is 2. The van der Waals surface area contributed by atoms with Crippen LogP contribution in [0.25, 0.3) is 0 Å². The van der Waals surface area contributed by atoms with Gasteiger partial charge in [0.2, 0.25) is 0 Å². The number of H-pyrrole nitrogens is 1. The third kappa shape index (κ3) is 3.79. The van der Waals surface area contributed by atoms with E-state index in [1.165, 1.54) is 7.11 Å². The van der Waals surface area contributed by atoms with E-state index in [9.17, 15) is 9.59 Å². The minimum absolute atomic E-state index is 0.0111. The van der Waals surface area contributed by atoms with Crippen LogP contribution in [-0.4, -0.2) is 59.9 Å². The summed E-state index contributed by atoms with van der Waals surface area (Å²) in [6.45, 7) is 2.26. The molecule has 0 radical (unpaired) electrons. The number of halogens is 1. The number of amides is 2. The van der Waals surface area contributed by atoms with E-state index in [1.807, 2.05) is 0 Å². The van der Waals surface area contributed by atoms with Gasteiger partial charge in [-0.2, -0.15) is 0 Å². The van der Waals surface area contributed by atoms with Gasteiger partial charge < -0.3 is 19.5 Å². The topological polar surface area (TPSA) is 65.6 Å². The van der Waals surface area contributed by atoms with Crippen molar-refractivity contribution < 1.29 is 14.3 Å². The predicted octanol–water partition coefficient (Wildman–Crippen LogP) is 2.67. The number of hydrogen-bond acceptors (Lipinski definition) is 3. The molecule has 0 spiro atoms. The number of rotatable bonds is 3. The largest absolute Gasteiger partial charge is 0.495 e. The van der Waals surface area contributed by atoms with Crippen LogP contribution < -0.4 is 4.74 Å². The van der Waals surface area contributed by atoms with Gasteiger partial charge in [-0.3, -0.25) is 9.59 Å². The first-order valence-corrected chi connectivity index (χ1v) is 8.53. The average Bonchev–Trinajstić information content (AvgIpc) is 3.05. The molecule has 2 aromatic rings. The van der Waals surface area contributed by atoms with Gasteiger partial charge in [-0.25, -0.2) is 0 Å². The van der Waals surface area contributed by atoms with Crippen LogP contribution in [-0.2, 0) is 0 Å². The fourth-order valence-electron chi connectivity index (χ4n) is 2.95. The van der Waals surface area contributed by atoms with E-state index in [0.717, 1.165) is 6.42 Å². The Morgan fingerprint density at radius 2 is 1.72 bits per heavy atom. The molecule has 1 saturated heterocycles. The first kappa shape index (κ1) is 17.4. The number of aromatic nitrogens is 1. The van der Waals surface area contributed by atoms with Crippen molar-refractivity contribution in [3.8, 4) is 5.75 Å². The highest BCUT2D eigenvalue weighted by Crippen LogP contribution is 2.25. The van der Waals surface area contributed by atoms with E-state index >= 15 is 0 Å². The molecule has 3 rings (SSSR count). The molecule has 7 heteroatoms. The molecule has 0 bridgehead atoms. The third-order valence-corrected chi connectivity index (χ3v) is 4.61. The minimum atomic E-state index is -0.0829. The summed E-state index contributed by atoms with van der Waals surface area (Å²) in [5.41, 5.74) is 1.16. The molecule has 0 aliphatic carbocycles. The zero-order chi connectivity index (χ0) is 17.8. The van der Waals surface area contributed by atoms with Gasteiger partial charge in [0.1, 0.15) is 5.75 Å². The Morgan fingerprint density at radius 1 is 1.04 bits per heavy atom. The molecule has 25 heavy (non-hydrogen) atoms. The van der Waals surface area contributed by atoms with E-state index in [1.54, 1.807) is 46.5 Å². The Balaban J connectivity index is 1.67. The van der Waals surface area contributed by atoms with Crippen molar-refractivity contribution in [3.63, 3.8) is 0 Å². The van der Waals surface area contributed by atoms with Crippen LogP contribution in [0.1, 0.15) is 27.1 Å². The molecule has 6 nitrogen and oxygen atoms in total. The number of carbonyl (C=O) groups is 2. The molecule has 2 amide bonds. The number of benzene rings is 1. The number of carbonyl (C=O) groups excluding carboxylic acids is 2. The summed E-state index contributed by atoms with van der Waals surface area (Å²) >= 11 is 6.11. The summed E-state index contributed by atoms with van der Waals surface area (Å²) in [4.78, 5) is 31.6. The summed E-state index contributed by atoms with van der Waals surface area (Å²) in [7, 11) is 1.54. The zero-order valence-corrected chi connectivity index (χ0v) is 14.8. The molecule has 1 aliphatic heterocycles. The molecule has 1 aromatic carbocycles.